The molecule has 1 heteroatoms. The zero-order valence-corrected chi connectivity index (χ0v) is 23.4. The molecule has 1 aromatic heterocycles. The lowest BCUT2D eigenvalue weighted by molar-refractivity contribution is 0.115. The minimum absolute atomic E-state index is 0.670. The van der Waals surface area contributed by atoms with Crippen molar-refractivity contribution in [2.75, 3.05) is 0 Å². The summed E-state index contributed by atoms with van der Waals surface area (Å²) < 4.78 is 6.65. The molecule has 5 atom stereocenters. The third-order valence-electron chi connectivity index (χ3n) is 11.6. The number of furan rings is 1. The van der Waals surface area contributed by atoms with Crippen LogP contribution in [0, 0.1) is 11.8 Å². The number of benzene rings is 5. The van der Waals surface area contributed by atoms with Gasteiger partial charge in [-0.1, -0.05) is 92.1 Å². The van der Waals surface area contributed by atoms with Gasteiger partial charge < -0.3 is 4.42 Å². The molecule has 2 fully saturated rings. The fraction of sp³-hybridized carbons (Fsp3) is 0.300. The van der Waals surface area contributed by atoms with E-state index in [2.05, 4.69) is 91.0 Å². The first-order valence-corrected chi connectivity index (χ1v) is 15.9. The van der Waals surface area contributed by atoms with Crippen molar-refractivity contribution in [3.05, 3.63) is 108 Å². The summed E-state index contributed by atoms with van der Waals surface area (Å²) in [6.45, 7) is 0. The zero-order chi connectivity index (χ0) is 26.7. The number of hydrogen-bond donors (Lipinski definition) is 0. The van der Waals surface area contributed by atoms with Gasteiger partial charge in [0.05, 0.1) is 0 Å². The fourth-order valence-electron chi connectivity index (χ4n) is 10.0. The second kappa shape index (κ2) is 8.35. The predicted molar refractivity (Wildman–Crippen MR) is 170 cm³/mol. The summed E-state index contributed by atoms with van der Waals surface area (Å²) in [6.07, 6.45) is 9.85. The Hall–Kier alpha value is -3.84. The van der Waals surface area contributed by atoms with E-state index < -0.39 is 0 Å². The van der Waals surface area contributed by atoms with Gasteiger partial charge in [0.15, 0.2) is 0 Å². The highest BCUT2D eigenvalue weighted by molar-refractivity contribution is 6.13. The van der Waals surface area contributed by atoms with Crippen LogP contribution < -0.4 is 0 Å². The SMILES string of the molecule is c1cc2c3c(c1)C1CCCCC1C1CCCC(c4ccc(-c5cccc6c5oc5cc7ccccc7cc56)cc4-2)C31. The molecular formula is C40H34O. The molecule has 1 heterocycles. The van der Waals surface area contributed by atoms with E-state index in [0.29, 0.717) is 5.92 Å². The third kappa shape index (κ3) is 3.07. The molecule has 41 heavy (non-hydrogen) atoms. The first-order valence-electron chi connectivity index (χ1n) is 15.9. The maximum absolute atomic E-state index is 6.65. The van der Waals surface area contributed by atoms with Crippen molar-refractivity contribution in [2.45, 2.75) is 62.7 Å². The molecule has 0 aliphatic heterocycles. The standard InChI is InChI=1S/C40H34O/c1-2-9-24-22-37-36(20-23(24)8-1)34-17-5-12-26(40(34)41-37)25-18-19-29-32-15-6-13-30-27-10-3-4-11-28(27)31-14-7-16-33(35(29)21-25)39(31)38(30)32/h1-2,5,7-9,12,14,16-22,27-28,30,32,38H,3-4,6,10-11,13,15H2. The van der Waals surface area contributed by atoms with Crippen molar-refractivity contribution in [1.29, 1.82) is 0 Å². The van der Waals surface area contributed by atoms with Crippen molar-refractivity contribution >= 4 is 32.7 Å². The van der Waals surface area contributed by atoms with Gasteiger partial charge >= 0.3 is 0 Å². The molecule has 0 saturated heterocycles. The molecule has 5 aromatic carbocycles. The van der Waals surface area contributed by atoms with E-state index in [0.717, 1.165) is 34.8 Å². The molecular weight excluding hydrogens is 496 g/mol. The Labute approximate surface area is 241 Å². The third-order valence-corrected chi connectivity index (χ3v) is 11.6. The summed E-state index contributed by atoms with van der Waals surface area (Å²) in [5.74, 6) is 3.95. The van der Waals surface area contributed by atoms with Crippen LogP contribution in [0.3, 0.4) is 0 Å². The Balaban J connectivity index is 1.18. The molecule has 5 unspecified atom stereocenters. The minimum atomic E-state index is 0.670. The Morgan fingerprint density at radius 3 is 2.29 bits per heavy atom. The normalized spacial score (nSPS) is 26.1. The van der Waals surface area contributed by atoms with Gasteiger partial charge in [0.1, 0.15) is 11.2 Å². The first kappa shape index (κ1) is 22.8. The maximum Gasteiger partial charge on any atom is 0.143 e. The van der Waals surface area contributed by atoms with Crippen molar-refractivity contribution < 1.29 is 4.42 Å². The molecule has 0 bridgehead atoms. The lowest BCUT2D eigenvalue weighted by Crippen LogP contribution is -2.41. The van der Waals surface area contributed by atoms with Crippen LogP contribution in [0.2, 0.25) is 0 Å². The summed E-state index contributed by atoms with van der Waals surface area (Å²) in [5, 5.41) is 4.89. The van der Waals surface area contributed by atoms with Gasteiger partial charge in [0.25, 0.3) is 0 Å². The molecule has 200 valence electrons. The smallest absolute Gasteiger partial charge is 0.143 e. The molecule has 0 radical (unpaired) electrons. The van der Waals surface area contributed by atoms with Crippen LogP contribution in [-0.2, 0) is 0 Å². The quantitative estimate of drug-likeness (QED) is 0.206. The van der Waals surface area contributed by atoms with Crippen LogP contribution in [0.5, 0.6) is 0 Å². The molecule has 1 nitrogen and oxygen atoms in total. The Kier molecular flexibility index (Phi) is 4.65. The number of hydrogen-bond acceptors (Lipinski definition) is 1. The van der Waals surface area contributed by atoms with Gasteiger partial charge in [-0.3, -0.25) is 0 Å². The monoisotopic (exact) mass is 530 g/mol. The lowest BCUT2D eigenvalue weighted by atomic mass is 9.50. The lowest BCUT2D eigenvalue weighted by Gasteiger charge is -2.54. The van der Waals surface area contributed by atoms with Crippen molar-refractivity contribution in [2.24, 2.45) is 11.8 Å². The molecule has 6 aromatic rings. The summed E-state index contributed by atoms with van der Waals surface area (Å²) in [6, 6.07) is 34.5. The average molecular weight is 531 g/mol. The van der Waals surface area contributed by atoms with E-state index in [1.54, 1.807) is 16.7 Å². The van der Waals surface area contributed by atoms with E-state index in [-0.39, 0.29) is 0 Å². The number of fused-ring (bicyclic) bond motifs is 10. The van der Waals surface area contributed by atoms with Crippen LogP contribution in [0.4, 0.5) is 0 Å². The van der Waals surface area contributed by atoms with Gasteiger partial charge in [0.2, 0.25) is 0 Å². The second-order valence-corrected chi connectivity index (χ2v) is 13.4. The van der Waals surface area contributed by atoms with Crippen LogP contribution in [0.15, 0.2) is 95.4 Å². The van der Waals surface area contributed by atoms with Crippen LogP contribution in [-0.4, -0.2) is 0 Å². The van der Waals surface area contributed by atoms with E-state index in [9.17, 15) is 0 Å². The summed E-state index contributed by atoms with van der Waals surface area (Å²) >= 11 is 0. The first-order chi connectivity index (χ1) is 20.3. The number of rotatable bonds is 1. The van der Waals surface area contributed by atoms with Gasteiger partial charge in [-0.15, -0.1) is 0 Å². The van der Waals surface area contributed by atoms with E-state index in [1.165, 1.54) is 88.7 Å². The summed E-state index contributed by atoms with van der Waals surface area (Å²) in [7, 11) is 0. The molecule has 0 amide bonds. The van der Waals surface area contributed by atoms with E-state index in [1.807, 2.05) is 0 Å². The summed E-state index contributed by atoms with van der Waals surface area (Å²) in [4.78, 5) is 0. The molecule has 10 rings (SSSR count). The fourth-order valence-corrected chi connectivity index (χ4v) is 10.0. The van der Waals surface area contributed by atoms with Crippen molar-refractivity contribution in [3.8, 4) is 22.3 Å². The topological polar surface area (TPSA) is 13.1 Å². The Morgan fingerprint density at radius 1 is 0.537 bits per heavy atom. The summed E-state index contributed by atoms with van der Waals surface area (Å²) in [5.41, 5.74) is 12.5. The largest absolute Gasteiger partial charge is 0.455 e. The van der Waals surface area contributed by atoms with Gasteiger partial charge in [-0.25, -0.2) is 0 Å². The van der Waals surface area contributed by atoms with Crippen molar-refractivity contribution in [3.63, 3.8) is 0 Å². The highest BCUT2D eigenvalue weighted by Crippen LogP contribution is 2.65. The van der Waals surface area contributed by atoms with Crippen LogP contribution >= 0.6 is 0 Å². The highest BCUT2D eigenvalue weighted by Gasteiger charge is 2.50. The molecule has 2 saturated carbocycles. The highest BCUT2D eigenvalue weighted by atomic mass is 16.3. The van der Waals surface area contributed by atoms with Gasteiger partial charge in [-0.05, 0) is 118 Å². The molecule has 0 spiro atoms. The molecule has 4 aliphatic rings. The molecule has 4 aliphatic carbocycles. The number of para-hydroxylation sites is 1. The Bertz CT molecular complexity index is 2020. The van der Waals surface area contributed by atoms with Crippen LogP contribution in [0.1, 0.15) is 79.4 Å². The second-order valence-electron chi connectivity index (χ2n) is 13.4. The molecule has 0 N–H and O–H groups in total. The van der Waals surface area contributed by atoms with Crippen molar-refractivity contribution in [1.82, 2.24) is 0 Å². The average Bonchev–Trinajstić information content (AvgIpc) is 3.40. The van der Waals surface area contributed by atoms with E-state index in [4.69, 9.17) is 4.42 Å². The zero-order valence-electron chi connectivity index (χ0n) is 23.4. The Morgan fingerprint density at radius 2 is 1.34 bits per heavy atom. The minimum Gasteiger partial charge on any atom is -0.455 e. The maximum atomic E-state index is 6.65. The van der Waals surface area contributed by atoms with E-state index >= 15 is 0 Å². The predicted octanol–water partition coefficient (Wildman–Crippen LogP) is 11.3. The van der Waals surface area contributed by atoms with Crippen LogP contribution in [0.25, 0.3) is 55.0 Å². The van der Waals surface area contributed by atoms with Gasteiger partial charge in [0, 0.05) is 16.3 Å². The van der Waals surface area contributed by atoms with Gasteiger partial charge in [-0.2, -0.15) is 0 Å².